The molecule has 0 aliphatic rings. The number of benzene rings is 1. The molecule has 0 aliphatic heterocycles. The standard InChI is InChI=1S/C11H11N3O/c1-8-12-10(7-11(15)13-8)14-9-5-3-2-4-6-9/h2-7H,1H3,(H2,12,13,14,15). The van der Waals surface area contributed by atoms with Crippen molar-refractivity contribution in [3.63, 3.8) is 0 Å². The third kappa shape index (κ3) is 2.43. The lowest BCUT2D eigenvalue weighted by atomic mass is 10.3. The van der Waals surface area contributed by atoms with Crippen molar-refractivity contribution in [1.29, 1.82) is 0 Å². The van der Waals surface area contributed by atoms with Gasteiger partial charge in [0.05, 0.1) is 0 Å². The Bertz CT molecular complexity index is 505. The quantitative estimate of drug-likeness (QED) is 0.779. The molecule has 1 heterocycles. The molecular formula is C11H11N3O. The van der Waals surface area contributed by atoms with Crippen LogP contribution in [-0.2, 0) is 0 Å². The van der Waals surface area contributed by atoms with E-state index < -0.39 is 0 Å². The summed E-state index contributed by atoms with van der Waals surface area (Å²) in [5.74, 6) is 1.16. The predicted molar refractivity (Wildman–Crippen MR) is 59.3 cm³/mol. The highest BCUT2D eigenvalue weighted by Gasteiger charge is 1.97. The van der Waals surface area contributed by atoms with Gasteiger partial charge in [-0.3, -0.25) is 4.79 Å². The number of rotatable bonds is 2. The van der Waals surface area contributed by atoms with E-state index >= 15 is 0 Å². The Kier molecular flexibility index (Phi) is 2.49. The van der Waals surface area contributed by atoms with Gasteiger partial charge in [-0.05, 0) is 19.1 Å². The van der Waals surface area contributed by atoms with Gasteiger partial charge in [-0.25, -0.2) is 4.98 Å². The van der Waals surface area contributed by atoms with E-state index in [2.05, 4.69) is 15.3 Å². The number of hydrogen-bond acceptors (Lipinski definition) is 3. The molecule has 2 aromatic rings. The van der Waals surface area contributed by atoms with Crippen LogP contribution in [0.2, 0.25) is 0 Å². The van der Waals surface area contributed by atoms with Gasteiger partial charge in [-0.1, -0.05) is 18.2 Å². The Labute approximate surface area is 87.0 Å². The summed E-state index contributed by atoms with van der Waals surface area (Å²) >= 11 is 0. The lowest BCUT2D eigenvalue weighted by Gasteiger charge is -2.04. The summed E-state index contributed by atoms with van der Waals surface area (Å²) < 4.78 is 0. The Morgan fingerprint density at radius 1 is 1.27 bits per heavy atom. The summed E-state index contributed by atoms with van der Waals surface area (Å²) in [5, 5.41) is 3.05. The van der Waals surface area contributed by atoms with Gasteiger partial charge in [-0.15, -0.1) is 0 Å². The minimum atomic E-state index is -0.152. The van der Waals surface area contributed by atoms with Crippen LogP contribution in [0, 0.1) is 6.92 Å². The SMILES string of the molecule is Cc1nc(Nc2ccccc2)cc(=O)[nH]1. The van der Waals surface area contributed by atoms with Gasteiger partial charge in [0.1, 0.15) is 11.6 Å². The van der Waals surface area contributed by atoms with E-state index in [0.29, 0.717) is 11.6 Å². The zero-order valence-corrected chi connectivity index (χ0v) is 8.32. The molecule has 1 aromatic carbocycles. The Morgan fingerprint density at radius 2 is 2.00 bits per heavy atom. The van der Waals surface area contributed by atoms with Crippen LogP contribution in [-0.4, -0.2) is 9.97 Å². The third-order valence-electron chi connectivity index (χ3n) is 1.91. The van der Waals surface area contributed by atoms with Crippen LogP contribution in [0.25, 0.3) is 0 Å². The summed E-state index contributed by atoms with van der Waals surface area (Å²) in [6.45, 7) is 1.75. The fraction of sp³-hybridized carbons (Fsp3) is 0.0909. The molecule has 0 amide bonds. The molecule has 0 radical (unpaired) electrons. The lowest BCUT2D eigenvalue weighted by Crippen LogP contribution is -2.09. The Hall–Kier alpha value is -2.10. The van der Waals surface area contributed by atoms with E-state index in [1.54, 1.807) is 6.92 Å². The van der Waals surface area contributed by atoms with Gasteiger partial charge in [0, 0.05) is 11.8 Å². The fourth-order valence-electron chi connectivity index (χ4n) is 1.31. The van der Waals surface area contributed by atoms with Gasteiger partial charge in [0.15, 0.2) is 0 Å². The van der Waals surface area contributed by atoms with Crippen molar-refractivity contribution >= 4 is 11.5 Å². The van der Waals surface area contributed by atoms with Gasteiger partial charge < -0.3 is 10.3 Å². The molecule has 0 unspecified atom stereocenters. The summed E-state index contributed by atoms with van der Waals surface area (Å²) in [7, 11) is 0. The first-order valence-corrected chi connectivity index (χ1v) is 4.64. The van der Waals surface area contributed by atoms with E-state index in [9.17, 15) is 4.79 Å². The molecule has 0 atom stereocenters. The van der Waals surface area contributed by atoms with Crippen molar-refractivity contribution < 1.29 is 0 Å². The summed E-state index contributed by atoms with van der Waals surface area (Å²) in [5.41, 5.74) is 0.760. The van der Waals surface area contributed by atoms with Crippen LogP contribution >= 0.6 is 0 Å². The number of nitrogens with one attached hydrogen (secondary N) is 2. The average Bonchev–Trinajstić information content (AvgIpc) is 2.17. The van der Waals surface area contributed by atoms with Crippen molar-refractivity contribution in [2.45, 2.75) is 6.92 Å². The van der Waals surface area contributed by atoms with Crippen LogP contribution < -0.4 is 10.9 Å². The van der Waals surface area contributed by atoms with E-state index in [1.807, 2.05) is 30.3 Å². The minimum absolute atomic E-state index is 0.152. The van der Waals surface area contributed by atoms with Gasteiger partial charge in [0.25, 0.3) is 5.56 Å². The molecule has 0 saturated heterocycles. The second-order valence-electron chi connectivity index (χ2n) is 3.21. The fourth-order valence-corrected chi connectivity index (χ4v) is 1.31. The first-order chi connectivity index (χ1) is 7.24. The average molecular weight is 201 g/mol. The first-order valence-electron chi connectivity index (χ1n) is 4.64. The van der Waals surface area contributed by atoms with E-state index in [1.165, 1.54) is 6.07 Å². The van der Waals surface area contributed by atoms with Crippen LogP contribution in [0.15, 0.2) is 41.2 Å². The molecule has 2 N–H and O–H groups in total. The van der Waals surface area contributed by atoms with Crippen molar-refractivity contribution in [3.05, 3.63) is 52.6 Å². The zero-order chi connectivity index (χ0) is 10.7. The normalized spacial score (nSPS) is 9.93. The van der Waals surface area contributed by atoms with Crippen molar-refractivity contribution in [3.8, 4) is 0 Å². The monoisotopic (exact) mass is 201 g/mol. The lowest BCUT2D eigenvalue weighted by molar-refractivity contribution is 1.02. The molecule has 4 nitrogen and oxygen atoms in total. The van der Waals surface area contributed by atoms with Crippen LogP contribution in [0.3, 0.4) is 0 Å². The van der Waals surface area contributed by atoms with Gasteiger partial charge in [-0.2, -0.15) is 0 Å². The maximum Gasteiger partial charge on any atom is 0.252 e. The van der Waals surface area contributed by atoms with Crippen molar-refractivity contribution in [2.75, 3.05) is 5.32 Å². The van der Waals surface area contributed by atoms with Crippen LogP contribution in [0.4, 0.5) is 11.5 Å². The molecule has 15 heavy (non-hydrogen) atoms. The molecular weight excluding hydrogens is 190 g/mol. The Morgan fingerprint density at radius 3 is 2.67 bits per heavy atom. The highest BCUT2D eigenvalue weighted by atomic mass is 16.1. The van der Waals surface area contributed by atoms with Crippen molar-refractivity contribution in [1.82, 2.24) is 9.97 Å². The number of H-pyrrole nitrogens is 1. The molecule has 0 saturated carbocycles. The number of aromatic nitrogens is 2. The topological polar surface area (TPSA) is 57.8 Å². The van der Waals surface area contributed by atoms with E-state index in [4.69, 9.17) is 0 Å². The van der Waals surface area contributed by atoms with Crippen LogP contribution in [0.5, 0.6) is 0 Å². The largest absolute Gasteiger partial charge is 0.340 e. The third-order valence-corrected chi connectivity index (χ3v) is 1.91. The molecule has 1 aromatic heterocycles. The maximum atomic E-state index is 11.2. The molecule has 4 heteroatoms. The number of anilines is 2. The highest BCUT2D eigenvalue weighted by Crippen LogP contribution is 2.11. The molecule has 0 aliphatic carbocycles. The van der Waals surface area contributed by atoms with E-state index in [-0.39, 0.29) is 5.56 Å². The molecule has 0 spiro atoms. The predicted octanol–water partition coefficient (Wildman–Crippen LogP) is 1.82. The maximum absolute atomic E-state index is 11.2. The summed E-state index contributed by atoms with van der Waals surface area (Å²) in [6, 6.07) is 11.0. The van der Waals surface area contributed by atoms with Gasteiger partial charge >= 0.3 is 0 Å². The summed E-state index contributed by atoms with van der Waals surface area (Å²) in [6.07, 6.45) is 0. The number of aromatic amines is 1. The molecule has 76 valence electrons. The minimum Gasteiger partial charge on any atom is -0.340 e. The van der Waals surface area contributed by atoms with E-state index in [0.717, 1.165) is 5.69 Å². The smallest absolute Gasteiger partial charge is 0.252 e. The number of hydrogen-bond donors (Lipinski definition) is 2. The number of aryl methyl sites for hydroxylation is 1. The molecule has 2 rings (SSSR count). The highest BCUT2D eigenvalue weighted by molar-refractivity contribution is 5.55. The van der Waals surface area contributed by atoms with Gasteiger partial charge in [0.2, 0.25) is 0 Å². The number of nitrogens with zero attached hydrogens (tertiary/aromatic N) is 1. The summed E-state index contributed by atoms with van der Waals surface area (Å²) in [4.78, 5) is 17.9. The molecule has 0 fully saturated rings. The Balaban J connectivity index is 2.29. The number of para-hydroxylation sites is 1. The zero-order valence-electron chi connectivity index (χ0n) is 8.32. The van der Waals surface area contributed by atoms with Crippen LogP contribution in [0.1, 0.15) is 5.82 Å². The molecule has 0 bridgehead atoms. The first kappa shape index (κ1) is 9.45. The van der Waals surface area contributed by atoms with Crippen molar-refractivity contribution in [2.24, 2.45) is 0 Å². The second-order valence-corrected chi connectivity index (χ2v) is 3.21. The second kappa shape index (κ2) is 3.96.